The maximum absolute atomic E-state index is 9.48. The Balaban J connectivity index is 2.12. The van der Waals surface area contributed by atoms with Crippen LogP contribution in [-0.2, 0) is 0 Å². The molecule has 4 aromatic rings. The number of aromatic nitrogens is 2. The van der Waals surface area contributed by atoms with Crippen molar-refractivity contribution in [2.75, 3.05) is 0 Å². The highest BCUT2D eigenvalue weighted by Gasteiger charge is 2.12. The van der Waals surface area contributed by atoms with E-state index in [1.54, 1.807) is 12.1 Å². The molecule has 2 aromatic heterocycles. The van der Waals surface area contributed by atoms with Crippen LogP contribution in [0.2, 0.25) is 5.02 Å². The minimum absolute atomic E-state index is 0.249. The fourth-order valence-electron chi connectivity index (χ4n) is 2.90. The normalized spacial score (nSPS) is 11.4. The predicted molar refractivity (Wildman–Crippen MR) is 90.4 cm³/mol. The van der Waals surface area contributed by atoms with Crippen LogP contribution in [0.15, 0.2) is 48.7 Å². The summed E-state index contributed by atoms with van der Waals surface area (Å²) in [5, 5.41) is 12.4. The molecule has 2 heterocycles. The number of hydrogen-bond acceptors (Lipinski definition) is 2. The Bertz CT molecular complexity index is 1000. The van der Waals surface area contributed by atoms with Gasteiger partial charge in [-0.2, -0.15) is 0 Å². The molecule has 0 saturated heterocycles. The zero-order valence-electron chi connectivity index (χ0n) is 11.9. The molecular weight excluding hydrogens is 296 g/mol. The number of hydrogen-bond donors (Lipinski definition) is 2. The van der Waals surface area contributed by atoms with Gasteiger partial charge in [-0.05, 0) is 42.8 Å². The van der Waals surface area contributed by atoms with Gasteiger partial charge in [0.05, 0.1) is 16.7 Å². The van der Waals surface area contributed by atoms with E-state index in [0.717, 1.165) is 38.6 Å². The van der Waals surface area contributed by atoms with Crippen molar-refractivity contribution in [3.8, 4) is 16.9 Å². The fourth-order valence-corrected chi connectivity index (χ4v) is 3.11. The molecule has 3 nitrogen and oxygen atoms in total. The number of nitrogens with zero attached hydrogens (tertiary/aromatic N) is 1. The van der Waals surface area contributed by atoms with Crippen LogP contribution in [-0.4, -0.2) is 15.1 Å². The van der Waals surface area contributed by atoms with Gasteiger partial charge >= 0.3 is 0 Å². The number of aromatic hydroxyl groups is 1. The molecule has 108 valence electrons. The van der Waals surface area contributed by atoms with Crippen molar-refractivity contribution in [2.24, 2.45) is 0 Å². The van der Waals surface area contributed by atoms with Crippen molar-refractivity contribution in [3.63, 3.8) is 0 Å². The molecule has 0 aliphatic rings. The van der Waals surface area contributed by atoms with Crippen LogP contribution in [0, 0.1) is 6.92 Å². The fraction of sp³-hybridized carbons (Fsp3) is 0.0556. The monoisotopic (exact) mass is 308 g/mol. The molecule has 0 aliphatic carbocycles. The number of pyridine rings is 1. The second kappa shape index (κ2) is 4.75. The van der Waals surface area contributed by atoms with Crippen LogP contribution in [0.3, 0.4) is 0 Å². The van der Waals surface area contributed by atoms with E-state index in [0.29, 0.717) is 5.02 Å². The molecule has 0 amide bonds. The van der Waals surface area contributed by atoms with E-state index < -0.39 is 0 Å². The van der Waals surface area contributed by atoms with Gasteiger partial charge in [-0.1, -0.05) is 23.7 Å². The average molecular weight is 309 g/mol. The molecule has 0 spiro atoms. The van der Waals surface area contributed by atoms with E-state index in [1.807, 2.05) is 43.5 Å². The lowest BCUT2D eigenvalue weighted by molar-refractivity contribution is 0.475. The van der Waals surface area contributed by atoms with Crippen LogP contribution in [0.4, 0.5) is 0 Å². The van der Waals surface area contributed by atoms with Gasteiger partial charge in [0.15, 0.2) is 0 Å². The number of aromatic amines is 1. The van der Waals surface area contributed by atoms with Gasteiger partial charge in [-0.3, -0.25) is 4.98 Å². The van der Waals surface area contributed by atoms with Gasteiger partial charge in [0.2, 0.25) is 0 Å². The van der Waals surface area contributed by atoms with Gasteiger partial charge in [0.25, 0.3) is 0 Å². The molecule has 0 atom stereocenters. The number of phenolic OH excluding ortho intramolecular Hbond substituents is 1. The van der Waals surface area contributed by atoms with Crippen LogP contribution >= 0.6 is 11.6 Å². The smallest absolute Gasteiger partial charge is 0.115 e. The molecule has 4 heteroatoms. The summed E-state index contributed by atoms with van der Waals surface area (Å²) in [5.74, 6) is 0.249. The highest BCUT2D eigenvalue weighted by atomic mass is 35.5. The van der Waals surface area contributed by atoms with Crippen molar-refractivity contribution >= 4 is 33.4 Å². The number of rotatable bonds is 1. The molecule has 0 unspecified atom stereocenters. The van der Waals surface area contributed by atoms with Gasteiger partial charge in [0.1, 0.15) is 5.75 Å². The van der Waals surface area contributed by atoms with E-state index in [4.69, 9.17) is 11.6 Å². The maximum Gasteiger partial charge on any atom is 0.115 e. The number of benzene rings is 2. The first-order valence-corrected chi connectivity index (χ1v) is 7.37. The summed E-state index contributed by atoms with van der Waals surface area (Å²) in [6, 6.07) is 13.0. The summed E-state index contributed by atoms with van der Waals surface area (Å²) in [4.78, 5) is 7.81. The molecule has 0 radical (unpaired) electrons. The van der Waals surface area contributed by atoms with Crippen molar-refractivity contribution in [2.45, 2.75) is 6.92 Å². The van der Waals surface area contributed by atoms with Crippen molar-refractivity contribution in [1.82, 2.24) is 9.97 Å². The molecule has 2 aromatic carbocycles. The number of fused-ring (bicyclic) bond motifs is 3. The SMILES string of the molecule is Cc1nccc2c1[nH]c1c(-c3ccc(O)cc3)cc(Cl)cc12. The Morgan fingerprint density at radius 1 is 1.00 bits per heavy atom. The zero-order chi connectivity index (χ0) is 15.3. The summed E-state index contributed by atoms with van der Waals surface area (Å²) >= 11 is 6.32. The molecule has 0 saturated carbocycles. The van der Waals surface area contributed by atoms with E-state index in [9.17, 15) is 5.11 Å². The quantitative estimate of drug-likeness (QED) is 0.517. The first-order valence-electron chi connectivity index (χ1n) is 6.99. The number of phenols is 1. The standard InChI is InChI=1S/C18H13ClN2O/c1-10-17-14(6-7-20-10)16-9-12(19)8-15(18(16)21-17)11-2-4-13(22)5-3-11/h2-9,21-22H,1H3. The summed E-state index contributed by atoms with van der Waals surface area (Å²) in [7, 11) is 0. The predicted octanol–water partition coefficient (Wildman–Crippen LogP) is 5.05. The van der Waals surface area contributed by atoms with E-state index in [-0.39, 0.29) is 5.75 Å². The summed E-state index contributed by atoms with van der Waals surface area (Å²) in [6.07, 6.45) is 1.81. The average Bonchev–Trinajstić information content (AvgIpc) is 2.88. The summed E-state index contributed by atoms with van der Waals surface area (Å²) in [6.45, 7) is 1.99. The zero-order valence-corrected chi connectivity index (χ0v) is 12.6. The van der Waals surface area contributed by atoms with Crippen LogP contribution in [0.1, 0.15) is 5.69 Å². The van der Waals surface area contributed by atoms with Gasteiger partial charge < -0.3 is 10.1 Å². The Morgan fingerprint density at radius 3 is 2.55 bits per heavy atom. The number of aryl methyl sites for hydroxylation is 1. The first kappa shape index (κ1) is 13.2. The van der Waals surface area contributed by atoms with E-state index in [1.165, 1.54) is 0 Å². The summed E-state index contributed by atoms with van der Waals surface area (Å²) in [5.41, 5.74) is 5.03. The van der Waals surface area contributed by atoms with Crippen LogP contribution in [0.25, 0.3) is 32.9 Å². The second-order valence-electron chi connectivity index (χ2n) is 5.37. The number of nitrogens with one attached hydrogen (secondary N) is 1. The van der Waals surface area contributed by atoms with Gasteiger partial charge in [-0.25, -0.2) is 0 Å². The third-order valence-corrected chi connectivity index (χ3v) is 4.18. The topological polar surface area (TPSA) is 48.9 Å². The van der Waals surface area contributed by atoms with E-state index >= 15 is 0 Å². The number of halogens is 1. The Labute approximate surface area is 132 Å². The van der Waals surface area contributed by atoms with Crippen molar-refractivity contribution in [1.29, 1.82) is 0 Å². The third kappa shape index (κ3) is 1.94. The molecule has 0 aliphatic heterocycles. The highest BCUT2D eigenvalue weighted by Crippen LogP contribution is 2.36. The molecule has 0 bridgehead atoms. The van der Waals surface area contributed by atoms with Crippen molar-refractivity contribution < 1.29 is 5.11 Å². The lowest BCUT2D eigenvalue weighted by atomic mass is 10.0. The molecular formula is C18H13ClN2O. The lowest BCUT2D eigenvalue weighted by Gasteiger charge is -2.05. The van der Waals surface area contributed by atoms with Crippen molar-refractivity contribution in [3.05, 3.63) is 59.4 Å². The van der Waals surface area contributed by atoms with Crippen LogP contribution in [0.5, 0.6) is 5.75 Å². The minimum atomic E-state index is 0.249. The molecule has 0 fully saturated rings. The molecule has 22 heavy (non-hydrogen) atoms. The van der Waals surface area contributed by atoms with Crippen LogP contribution < -0.4 is 0 Å². The number of H-pyrrole nitrogens is 1. The lowest BCUT2D eigenvalue weighted by Crippen LogP contribution is -1.81. The largest absolute Gasteiger partial charge is 0.508 e. The van der Waals surface area contributed by atoms with Gasteiger partial charge in [-0.15, -0.1) is 0 Å². The second-order valence-corrected chi connectivity index (χ2v) is 5.80. The Kier molecular flexibility index (Phi) is 2.84. The maximum atomic E-state index is 9.48. The first-order chi connectivity index (χ1) is 10.6. The molecule has 2 N–H and O–H groups in total. The summed E-state index contributed by atoms with van der Waals surface area (Å²) < 4.78 is 0. The Hall–Kier alpha value is -2.52. The third-order valence-electron chi connectivity index (χ3n) is 3.96. The highest BCUT2D eigenvalue weighted by molar-refractivity contribution is 6.32. The minimum Gasteiger partial charge on any atom is -0.508 e. The Morgan fingerprint density at radius 2 is 1.77 bits per heavy atom. The molecule has 4 rings (SSSR count). The van der Waals surface area contributed by atoms with E-state index in [2.05, 4.69) is 9.97 Å². The van der Waals surface area contributed by atoms with Gasteiger partial charge in [0, 0.05) is 27.6 Å².